The second-order valence-corrected chi connectivity index (χ2v) is 5.58. The van der Waals surface area contributed by atoms with E-state index in [4.69, 9.17) is 0 Å². The molecule has 0 fully saturated rings. The molecular weight excluding hydrogens is 240 g/mol. The summed E-state index contributed by atoms with van der Waals surface area (Å²) in [5, 5.41) is 7.16. The second-order valence-electron chi connectivity index (χ2n) is 3.87. The standard InChI is InChI=1S/C10H20N4O2S/c1-5-11-6-7-12-17(15,16)10-8(2)13-14(4)9(10)3/h11-12H,5-7H2,1-4H3. The minimum Gasteiger partial charge on any atom is -0.316 e. The summed E-state index contributed by atoms with van der Waals surface area (Å²) in [6.45, 7) is 7.25. The van der Waals surface area contributed by atoms with Gasteiger partial charge in [-0.15, -0.1) is 0 Å². The second kappa shape index (κ2) is 5.61. The van der Waals surface area contributed by atoms with Crippen molar-refractivity contribution in [3.8, 4) is 0 Å². The fraction of sp³-hybridized carbons (Fsp3) is 0.700. The van der Waals surface area contributed by atoms with Gasteiger partial charge in [0.15, 0.2) is 0 Å². The molecule has 0 aliphatic carbocycles. The predicted octanol–water partition coefficient (Wildman–Crippen LogP) is -0.0753. The number of likely N-dealkylation sites (N-methyl/N-ethyl adjacent to an activating group) is 1. The van der Waals surface area contributed by atoms with E-state index < -0.39 is 10.0 Å². The lowest BCUT2D eigenvalue weighted by molar-refractivity contribution is 0.576. The first-order chi connectivity index (χ1) is 7.90. The van der Waals surface area contributed by atoms with Gasteiger partial charge < -0.3 is 5.32 Å². The van der Waals surface area contributed by atoms with Gasteiger partial charge >= 0.3 is 0 Å². The van der Waals surface area contributed by atoms with Crippen LogP contribution in [0.15, 0.2) is 4.90 Å². The van der Waals surface area contributed by atoms with Crippen molar-refractivity contribution < 1.29 is 8.42 Å². The average molecular weight is 260 g/mol. The van der Waals surface area contributed by atoms with Crippen molar-refractivity contribution in [2.45, 2.75) is 25.7 Å². The molecule has 0 aliphatic rings. The summed E-state index contributed by atoms with van der Waals surface area (Å²) in [4.78, 5) is 0.288. The summed E-state index contributed by atoms with van der Waals surface area (Å²) >= 11 is 0. The van der Waals surface area contributed by atoms with E-state index >= 15 is 0 Å². The zero-order valence-electron chi connectivity index (χ0n) is 10.7. The fourth-order valence-corrected chi connectivity index (χ4v) is 3.13. The van der Waals surface area contributed by atoms with Crippen molar-refractivity contribution in [3.63, 3.8) is 0 Å². The van der Waals surface area contributed by atoms with Gasteiger partial charge in [-0.3, -0.25) is 4.68 Å². The molecule has 0 saturated heterocycles. The molecule has 0 aliphatic heterocycles. The van der Waals surface area contributed by atoms with Crippen LogP contribution in [-0.4, -0.2) is 37.8 Å². The van der Waals surface area contributed by atoms with Crippen LogP contribution in [0.5, 0.6) is 0 Å². The highest BCUT2D eigenvalue weighted by atomic mass is 32.2. The van der Waals surface area contributed by atoms with Crippen LogP contribution in [0, 0.1) is 13.8 Å². The summed E-state index contributed by atoms with van der Waals surface area (Å²) in [5.74, 6) is 0. The maximum Gasteiger partial charge on any atom is 0.244 e. The Labute approximate surface area is 102 Å². The van der Waals surface area contributed by atoms with E-state index in [0.29, 0.717) is 24.5 Å². The molecule has 17 heavy (non-hydrogen) atoms. The van der Waals surface area contributed by atoms with Gasteiger partial charge in [-0.2, -0.15) is 5.10 Å². The first-order valence-corrected chi connectivity index (χ1v) is 7.09. The molecule has 6 nitrogen and oxygen atoms in total. The van der Waals surface area contributed by atoms with Crippen molar-refractivity contribution in [1.82, 2.24) is 19.8 Å². The third-order valence-electron chi connectivity index (χ3n) is 2.56. The molecule has 1 aromatic heterocycles. The highest BCUT2D eigenvalue weighted by Gasteiger charge is 2.22. The molecule has 0 aromatic carbocycles. The average Bonchev–Trinajstić information content (AvgIpc) is 2.48. The SMILES string of the molecule is CCNCCNS(=O)(=O)c1c(C)nn(C)c1C. The van der Waals surface area contributed by atoms with Gasteiger partial charge in [0.2, 0.25) is 10.0 Å². The number of rotatable bonds is 6. The van der Waals surface area contributed by atoms with E-state index in [2.05, 4.69) is 15.1 Å². The largest absolute Gasteiger partial charge is 0.316 e. The molecule has 0 unspecified atom stereocenters. The molecular formula is C10H20N4O2S. The van der Waals surface area contributed by atoms with Crippen molar-refractivity contribution in [3.05, 3.63) is 11.4 Å². The molecule has 0 bridgehead atoms. The maximum absolute atomic E-state index is 12.1. The summed E-state index contributed by atoms with van der Waals surface area (Å²) in [6.07, 6.45) is 0. The van der Waals surface area contributed by atoms with Gasteiger partial charge in [-0.25, -0.2) is 13.1 Å². The molecule has 2 N–H and O–H groups in total. The first-order valence-electron chi connectivity index (χ1n) is 5.60. The predicted molar refractivity (Wildman–Crippen MR) is 66.4 cm³/mol. The number of aryl methyl sites for hydroxylation is 2. The van der Waals surface area contributed by atoms with E-state index in [9.17, 15) is 8.42 Å². The number of nitrogens with zero attached hydrogens (tertiary/aromatic N) is 2. The van der Waals surface area contributed by atoms with Crippen LogP contribution in [0.25, 0.3) is 0 Å². The zero-order chi connectivity index (χ0) is 13.1. The highest BCUT2D eigenvalue weighted by molar-refractivity contribution is 7.89. The van der Waals surface area contributed by atoms with E-state index in [1.54, 1.807) is 25.6 Å². The van der Waals surface area contributed by atoms with Crippen LogP contribution in [0.4, 0.5) is 0 Å². The number of aromatic nitrogens is 2. The molecule has 0 amide bonds. The normalized spacial score (nSPS) is 12.0. The van der Waals surface area contributed by atoms with Crippen molar-refractivity contribution in [1.29, 1.82) is 0 Å². The summed E-state index contributed by atoms with van der Waals surface area (Å²) in [5.41, 5.74) is 1.18. The van der Waals surface area contributed by atoms with Crippen LogP contribution in [0.3, 0.4) is 0 Å². The number of hydrogen-bond acceptors (Lipinski definition) is 4. The molecule has 0 atom stereocenters. The Kier molecular flexibility index (Phi) is 4.67. The smallest absolute Gasteiger partial charge is 0.244 e. The van der Waals surface area contributed by atoms with Gasteiger partial charge in [0.25, 0.3) is 0 Å². The van der Waals surface area contributed by atoms with Gasteiger partial charge in [0.05, 0.1) is 11.4 Å². The first kappa shape index (κ1) is 14.1. The zero-order valence-corrected chi connectivity index (χ0v) is 11.6. The van der Waals surface area contributed by atoms with Gasteiger partial charge in [-0.1, -0.05) is 6.92 Å². The Morgan fingerprint density at radius 1 is 1.29 bits per heavy atom. The van der Waals surface area contributed by atoms with Gasteiger partial charge in [0.1, 0.15) is 4.90 Å². The maximum atomic E-state index is 12.1. The summed E-state index contributed by atoms with van der Waals surface area (Å²) in [6, 6.07) is 0. The molecule has 98 valence electrons. The quantitative estimate of drug-likeness (QED) is 0.702. The Balaban J connectivity index is 2.83. The minimum absolute atomic E-state index is 0.288. The van der Waals surface area contributed by atoms with Crippen molar-refractivity contribution >= 4 is 10.0 Å². The lowest BCUT2D eigenvalue weighted by atomic mass is 10.4. The van der Waals surface area contributed by atoms with Crippen LogP contribution < -0.4 is 10.0 Å². The van der Waals surface area contributed by atoms with Crippen LogP contribution >= 0.6 is 0 Å². The van der Waals surface area contributed by atoms with E-state index in [-0.39, 0.29) is 4.90 Å². The number of sulfonamides is 1. The molecule has 7 heteroatoms. The van der Waals surface area contributed by atoms with Crippen LogP contribution in [-0.2, 0) is 17.1 Å². The molecule has 0 spiro atoms. The molecule has 1 rings (SSSR count). The Morgan fingerprint density at radius 2 is 1.94 bits per heavy atom. The van der Waals surface area contributed by atoms with Crippen molar-refractivity contribution in [2.24, 2.45) is 7.05 Å². The van der Waals surface area contributed by atoms with E-state index in [1.807, 2.05) is 6.92 Å². The molecule has 1 aromatic rings. The summed E-state index contributed by atoms with van der Waals surface area (Å²) in [7, 11) is -1.72. The summed E-state index contributed by atoms with van der Waals surface area (Å²) < 4.78 is 28.3. The Bertz CT molecular complexity index is 479. The molecule has 0 radical (unpaired) electrons. The van der Waals surface area contributed by atoms with Crippen molar-refractivity contribution in [2.75, 3.05) is 19.6 Å². The molecule has 1 heterocycles. The van der Waals surface area contributed by atoms with Crippen LogP contribution in [0.1, 0.15) is 18.3 Å². The van der Waals surface area contributed by atoms with E-state index in [0.717, 1.165) is 6.54 Å². The fourth-order valence-electron chi connectivity index (χ4n) is 1.67. The topological polar surface area (TPSA) is 76.0 Å². The molecule has 0 saturated carbocycles. The van der Waals surface area contributed by atoms with Gasteiger partial charge in [-0.05, 0) is 20.4 Å². The lowest BCUT2D eigenvalue weighted by Gasteiger charge is -2.07. The van der Waals surface area contributed by atoms with E-state index in [1.165, 1.54) is 0 Å². The number of hydrogen-bond donors (Lipinski definition) is 2. The third kappa shape index (κ3) is 3.27. The lowest BCUT2D eigenvalue weighted by Crippen LogP contribution is -2.32. The third-order valence-corrected chi connectivity index (χ3v) is 4.27. The Morgan fingerprint density at radius 3 is 2.41 bits per heavy atom. The Hall–Kier alpha value is -0.920. The monoisotopic (exact) mass is 260 g/mol. The van der Waals surface area contributed by atoms with Gasteiger partial charge in [0, 0.05) is 20.1 Å². The van der Waals surface area contributed by atoms with Crippen LogP contribution in [0.2, 0.25) is 0 Å². The number of nitrogens with one attached hydrogen (secondary N) is 2. The minimum atomic E-state index is -3.45. The highest BCUT2D eigenvalue weighted by Crippen LogP contribution is 2.17.